The van der Waals surface area contributed by atoms with Gasteiger partial charge in [0, 0.05) is 21.2 Å². The lowest BCUT2D eigenvalue weighted by molar-refractivity contribution is 0.642. The Balaban J connectivity index is 2.55. The summed E-state index contributed by atoms with van der Waals surface area (Å²) in [5.74, 6) is 1.76. The lowest BCUT2D eigenvalue weighted by Gasteiger charge is -2.15. The number of halogens is 1. The van der Waals surface area contributed by atoms with Crippen LogP contribution >= 0.6 is 27.7 Å². The maximum absolute atomic E-state index is 5.83. The Kier molecular flexibility index (Phi) is 5.00. The molecule has 0 radical (unpaired) electrons. The third-order valence-electron chi connectivity index (χ3n) is 2.51. The molecule has 0 aliphatic heterocycles. The number of hydrogen-bond acceptors (Lipinski definition) is 2. The lowest BCUT2D eigenvalue weighted by atomic mass is 10.2. The van der Waals surface area contributed by atoms with Gasteiger partial charge in [-0.1, -0.05) is 26.8 Å². The van der Waals surface area contributed by atoms with Gasteiger partial charge in [0.2, 0.25) is 0 Å². The molecule has 0 heterocycles. The van der Waals surface area contributed by atoms with Gasteiger partial charge in [-0.2, -0.15) is 11.8 Å². The van der Waals surface area contributed by atoms with Crippen molar-refractivity contribution in [2.24, 2.45) is 5.92 Å². The minimum absolute atomic E-state index is 0.690. The van der Waals surface area contributed by atoms with Crippen LogP contribution in [0.3, 0.4) is 0 Å². The molecule has 15 heavy (non-hydrogen) atoms. The third-order valence-corrected chi connectivity index (χ3v) is 4.80. The van der Waals surface area contributed by atoms with Crippen LogP contribution in [0.4, 0.5) is 5.69 Å². The van der Waals surface area contributed by atoms with E-state index >= 15 is 0 Å². The highest BCUT2D eigenvalue weighted by atomic mass is 79.9. The van der Waals surface area contributed by atoms with E-state index in [-0.39, 0.29) is 0 Å². The van der Waals surface area contributed by atoms with Crippen LogP contribution in [0, 0.1) is 5.92 Å². The summed E-state index contributed by atoms with van der Waals surface area (Å²) in [5.41, 5.74) is 7.95. The number of hydrogen-bond donors (Lipinski definition) is 1. The minimum atomic E-state index is 0.690. The Bertz CT molecular complexity index is 325. The van der Waals surface area contributed by atoms with Gasteiger partial charge in [0.25, 0.3) is 0 Å². The van der Waals surface area contributed by atoms with E-state index in [0.717, 1.165) is 21.8 Å². The first kappa shape index (κ1) is 12.9. The van der Waals surface area contributed by atoms with Gasteiger partial charge in [-0.15, -0.1) is 0 Å². The largest absolute Gasteiger partial charge is 0.398 e. The van der Waals surface area contributed by atoms with Gasteiger partial charge in [0.05, 0.1) is 0 Å². The summed E-state index contributed by atoms with van der Waals surface area (Å²) in [7, 11) is 0. The van der Waals surface area contributed by atoms with Gasteiger partial charge in [-0.05, 0) is 39.5 Å². The molecule has 0 aliphatic carbocycles. The molecule has 0 saturated carbocycles. The normalized spacial score (nSPS) is 13.1. The first-order valence-electron chi connectivity index (χ1n) is 5.16. The second kappa shape index (κ2) is 5.80. The number of rotatable bonds is 4. The van der Waals surface area contributed by atoms with E-state index in [1.54, 1.807) is 0 Å². The number of anilines is 1. The fourth-order valence-corrected chi connectivity index (χ4v) is 2.37. The third kappa shape index (κ3) is 4.07. The van der Waals surface area contributed by atoms with Crippen LogP contribution in [-0.2, 0) is 5.75 Å². The molecule has 1 aromatic carbocycles. The van der Waals surface area contributed by atoms with Gasteiger partial charge in [0.1, 0.15) is 0 Å². The summed E-state index contributed by atoms with van der Waals surface area (Å²) < 4.78 is 0.980. The molecule has 1 atom stereocenters. The molecule has 0 aromatic heterocycles. The topological polar surface area (TPSA) is 26.0 Å². The van der Waals surface area contributed by atoms with E-state index in [9.17, 15) is 0 Å². The average molecular weight is 288 g/mol. The van der Waals surface area contributed by atoms with Crippen molar-refractivity contribution in [1.82, 2.24) is 0 Å². The highest BCUT2D eigenvalue weighted by molar-refractivity contribution is 9.10. The molecular weight excluding hydrogens is 270 g/mol. The van der Waals surface area contributed by atoms with E-state index in [1.165, 1.54) is 5.56 Å². The van der Waals surface area contributed by atoms with Gasteiger partial charge >= 0.3 is 0 Å². The monoisotopic (exact) mass is 287 g/mol. The van der Waals surface area contributed by atoms with Gasteiger partial charge in [-0.3, -0.25) is 0 Å². The average Bonchev–Trinajstić information content (AvgIpc) is 2.19. The van der Waals surface area contributed by atoms with Crippen molar-refractivity contribution < 1.29 is 0 Å². The predicted octanol–water partition coefficient (Wildman–Crippen LogP) is 4.31. The van der Waals surface area contributed by atoms with Crippen molar-refractivity contribution in [3.8, 4) is 0 Å². The van der Waals surface area contributed by atoms with E-state index in [0.29, 0.717) is 5.25 Å². The second-order valence-corrected chi connectivity index (χ2v) is 6.34. The lowest BCUT2D eigenvalue weighted by Crippen LogP contribution is -2.05. The van der Waals surface area contributed by atoms with Crippen LogP contribution in [0.1, 0.15) is 26.3 Å². The SMILES string of the molecule is CC(C)C(C)SCc1ccc(Br)c(N)c1. The van der Waals surface area contributed by atoms with Gasteiger partial charge in [-0.25, -0.2) is 0 Å². The van der Waals surface area contributed by atoms with E-state index in [1.807, 2.05) is 23.9 Å². The van der Waals surface area contributed by atoms with Crippen molar-refractivity contribution in [2.75, 3.05) is 5.73 Å². The van der Waals surface area contributed by atoms with Crippen LogP contribution in [-0.4, -0.2) is 5.25 Å². The number of benzene rings is 1. The highest BCUT2D eigenvalue weighted by Gasteiger charge is 2.07. The molecule has 0 bridgehead atoms. The number of nitrogens with two attached hydrogens (primary N) is 1. The van der Waals surface area contributed by atoms with Crippen molar-refractivity contribution in [3.05, 3.63) is 28.2 Å². The van der Waals surface area contributed by atoms with Crippen LogP contribution in [0.15, 0.2) is 22.7 Å². The molecule has 3 heteroatoms. The summed E-state index contributed by atoms with van der Waals surface area (Å²) in [4.78, 5) is 0. The highest BCUT2D eigenvalue weighted by Crippen LogP contribution is 2.26. The summed E-state index contributed by atoms with van der Waals surface area (Å²) in [6.45, 7) is 6.79. The van der Waals surface area contributed by atoms with Crippen LogP contribution in [0.25, 0.3) is 0 Å². The Hall–Kier alpha value is -0.150. The molecule has 1 aromatic rings. The Morgan fingerprint density at radius 2 is 2.00 bits per heavy atom. The molecule has 1 nitrogen and oxygen atoms in total. The number of thioether (sulfide) groups is 1. The molecule has 0 fully saturated rings. The maximum Gasteiger partial charge on any atom is 0.0461 e. The smallest absolute Gasteiger partial charge is 0.0461 e. The molecule has 0 amide bonds. The molecular formula is C12H18BrNS. The quantitative estimate of drug-likeness (QED) is 0.835. The molecule has 0 spiro atoms. The Morgan fingerprint density at radius 3 is 2.53 bits per heavy atom. The van der Waals surface area contributed by atoms with E-state index < -0.39 is 0 Å². The zero-order valence-corrected chi connectivity index (χ0v) is 11.9. The predicted molar refractivity (Wildman–Crippen MR) is 74.1 cm³/mol. The molecule has 84 valence electrons. The first-order chi connectivity index (χ1) is 7.00. The standard InChI is InChI=1S/C12H18BrNS/c1-8(2)9(3)15-7-10-4-5-11(13)12(14)6-10/h4-6,8-9H,7,14H2,1-3H3. The van der Waals surface area contributed by atoms with E-state index in [2.05, 4.69) is 42.8 Å². The van der Waals surface area contributed by atoms with Crippen molar-refractivity contribution in [1.29, 1.82) is 0 Å². The zero-order valence-electron chi connectivity index (χ0n) is 9.46. The Labute approximate surface area is 105 Å². The first-order valence-corrected chi connectivity index (χ1v) is 7.00. The van der Waals surface area contributed by atoms with Crippen molar-refractivity contribution in [2.45, 2.75) is 31.8 Å². The molecule has 2 N–H and O–H groups in total. The summed E-state index contributed by atoms with van der Waals surface area (Å²) >= 11 is 5.38. The molecule has 0 saturated heterocycles. The van der Waals surface area contributed by atoms with Gasteiger partial charge < -0.3 is 5.73 Å². The van der Waals surface area contributed by atoms with Gasteiger partial charge in [0.15, 0.2) is 0 Å². The van der Waals surface area contributed by atoms with Crippen LogP contribution in [0.2, 0.25) is 0 Å². The van der Waals surface area contributed by atoms with Crippen LogP contribution in [0.5, 0.6) is 0 Å². The fourth-order valence-electron chi connectivity index (χ4n) is 1.10. The van der Waals surface area contributed by atoms with Crippen molar-refractivity contribution in [3.63, 3.8) is 0 Å². The molecule has 0 aliphatic rings. The fraction of sp³-hybridized carbons (Fsp3) is 0.500. The van der Waals surface area contributed by atoms with Crippen LogP contribution < -0.4 is 5.73 Å². The number of nitrogen functional groups attached to an aromatic ring is 1. The van der Waals surface area contributed by atoms with E-state index in [4.69, 9.17) is 5.73 Å². The second-order valence-electron chi connectivity index (χ2n) is 4.12. The summed E-state index contributed by atoms with van der Waals surface area (Å²) in [6, 6.07) is 6.19. The molecule has 1 rings (SSSR count). The minimum Gasteiger partial charge on any atom is -0.398 e. The summed E-state index contributed by atoms with van der Waals surface area (Å²) in [6.07, 6.45) is 0. The summed E-state index contributed by atoms with van der Waals surface area (Å²) in [5, 5.41) is 0.690. The van der Waals surface area contributed by atoms with Crippen molar-refractivity contribution >= 4 is 33.4 Å². The zero-order chi connectivity index (χ0) is 11.4. The maximum atomic E-state index is 5.83. The molecule has 1 unspecified atom stereocenters. The Morgan fingerprint density at radius 1 is 1.33 bits per heavy atom.